The first-order chi connectivity index (χ1) is 12.6. The van der Waals surface area contributed by atoms with Crippen molar-refractivity contribution in [2.45, 2.75) is 82.1 Å². The summed E-state index contributed by atoms with van der Waals surface area (Å²) in [7, 11) is 0. The van der Waals surface area contributed by atoms with E-state index in [1.165, 1.54) is 0 Å². The third-order valence-electron chi connectivity index (χ3n) is 6.26. The van der Waals surface area contributed by atoms with E-state index < -0.39 is 49.0 Å². The van der Waals surface area contributed by atoms with Gasteiger partial charge in [-0.2, -0.15) is 0 Å². The van der Waals surface area contributed by atoms with Crippen LogP contribution in [-0.4, -0.2) is 87.3 Å². The van der Waals surface area contributed by atoms with Crippen molar-refractivity contribution in [2.75, 3.05) is 13.2 Å². The summed E-state index contributed by atoms with van der Waals surface area (Å²) in [4.78, 5) is 0. The fourth-order valence-corrected chi connectivity index (χ4v) is 4.84. The minimum absolute atomic E-state index is 0.120. The first-order valence-corrected chi connectivity index (χ1v) is 9.56. The lowest BCUT2D eigenvalue weighted by Crippen LogP contribution is -2.59. The van der Waals surface area contributed by atoms with Gasteiger partial charge in [0.15, 0.2) is 6.29 Å². The maximum absolute atomic E-state index is 10.1. The summed E-state index contributed by atoms with van der Waals surface area (Å²) in [5.74, 6) is 0.120. The molecule has 3 fully saturated rings. The van der Waals surface area contributed by atoms with Crippen LogP contribution in [0.2, 0.25) is 0 Å². The van der Waals surface area contributed by atoms with E-state index in [0.29, 0.717) is 19.4 Å². The van der Waals surface area contributed by atoms with Gasteiger partial charge in [-0.3, -0.25) is 0 Å². The largest absolute Gasteiger partial charge is 0.394 e. The Hall–Kier alpha value is -0.580. The molecule has 0 aromatic heterocycles. The van der Waals surface area contributed by atoms with Gasteiger partial charge >= 0.3 is 0 Å². The van der Waals surface area contributed by atoms with E-state index in [2.05, 4.69) is 6.92 Å². The summed E-state index contributed by atoms with van der Waals surface area (Å²) in [5.41, 5.74) is -0.572. The Morgan fingerprint density at radius 2 is 1.81 bits per heavy atom. The Morgan fingerprint density at radius 1 is 1.11 bits per heavy atom. The van der Waals surface area contributed by atoms with Crippen LogP contribution < -0.4 is 0 Å². The van der Waals surface area contributed by atoms with Crippen LogP contribution in [0.25, 0.3) is 0 Å². The average Bonchev–Trinajstić information content (AvgIpc) is 2.75. The summed E-state index contributed by atoms with van der Waals surface area (Å²) in [6, 6.07) is 0. The molecule has 0 aromatic rings. The van der Waals surface area contributed by atoms with Crippen molar-refractivity contribution in [3.8, 4) is 0 Å². The summed E-state index contributed by atoms with van der Waals surface area (Å²) in [6.45, 7) is 6.01. The van der Waals surface area contributed by atoms with Crippen LogP contribution in [0.3, 0.4) is 0 Å². The van der Waals surface area contributed by atoms with Gasteiger partial charge in [0.05, 0.1) is 31.0 Å². The van der Waals surface area contributed by atoms with Gasteiger partial charge in [0, 0.05) is 17.8 Å². The molecule has 2 aliphatic heterocycles. The molecule has 2 bridgehead atoms. The highest BCUT2D eigenvalue weighted by atomic mass is 16.7. The molecule has 1 saturated carbocycles. The molecule has 2 saturated heterocycles. The van der Waals surface area contributed by atoms with E-state index in [4.69, 9.17) is 14.2 Å². The topological polar surface area (TPSA) is 129 Å². The highest BCUT2D eigenvalue weighted by Gasteiger charge is 2.57. The second kappa shape index (κ2) is 7.68. The minimum atomic E-state index is -1.46. The zero-order valence-electron chi connectivity index (χ0n) is 16.1. The van der Waals surface area contributed by atoms with Crippen molar-refractivity contribution in [3.63, 3.8) is 0 Å². The SMILES string of the molecule is C[C@@H](/C=C/[C@@H]1[C@@]2(C)CO[C@]1(C)C[C@@H](O)C2)O[C@@H]1O[C@H](CO)[C@@H](O)[C@H](O)[C@H]1O. The highest BCUT2D eigenvalue weighted by molar-refractivity contribution is 5.14. The Kier molecular flexibility index (Phi) is 6.01. The first-order valence-electron chi connectivity index (χ1n) is 9.56. The molecule has 8 heteroatoms. The molecule has 1 aliphatic carbocycles. The molecule has 0 radical (unpaired) electrons. The minimum Gasteiger partial charge on any atom is -0.394 e. The van der Waals surface area contributed by atoms with Gasteiger partial charge in [-0.1, -0.05) is 19.1 Å². The first kappa shape index (κ1) is 21.1. The number of rotatable bonds is 5. The number of aliphatic hydroxyl groups is 5. The lowest BCUT2D eigenvalue weighted by Gasteiger charge is -2.43. The van der Waals surface area contributed by atoms with Crippen molar-refractivity contribution in [3.05, 3.63) is 12.2 Å². The van der Waals surface area contributed by atoms with Gasteiger partial charge < -0.3 is 39.7 Å². The van der Waals surface area contributed by atoms with Crippen LogP contribution in [-0.2, 0) is 14.2 Å². The van der Waals surface area contributed by atoms with Gasteiger partial charge in [-0.05, 0) is 20.3 Å². The lowest BCUT2D eigenvalue weighted by molar-refractivity contribution is -0.306. The highest BCUT2D eigenvalue weighted by Crippen LogP contribution is 2.54. The number of hydrogen-bond donors (Lipinski definition) is 5. The molecule has 5 N–H and O–H groups in total. The van der Waals surface area contributed by atoms with Gasteiger partial charge in [0.1, 0.15) is 24.4 Å². The van der Waals surface area contributed by atoms with E-state index in [1.54, 1.807) is 6.92 Å². The molecule has 156 valence electrons. The van der Waals surface area contributed by atoms with Crippen LogP contribution in [0.4, 0.5) is 0 Å². The van der Waals surface area contributed by atoms with Crippen molar-refractivity contribution in [1.82, 2.24) is 0 Å². The second-order valence-corrected chi connectivity index (χ2v) is 8.72. The Balaban J connectivity index is 1.64. The zero-order valence-corrected chi connectivity index (χ0v) is 16.1. The molecular formula is C19H32O8. The molecule has 3 rings (SSSR count). The normalized spacial score (nSPS) is 51.6. The summed E-state index contributed by atoms with van der Waals surface area (Å²) < 4.78 is 17.1. The molecule has 3 aliphatic rings. The second-order valence-electron chi connectivity index (χ2n) is 8.72. The maximum atomic E-state index is 10.1. The van der Waals surface area contributed by atoms with Gasteiger partial charge in [0.2, 0.25) is 0 Å². The van der Waals surface area contributed by atoms with Crippen molar-refractivity contribution < 1.29 is 39.7 Å². The maximum Gasteiger partial charge on any atom is 0.187 e. The number of ether oxygens (including phenoxy) is 3. The number of fused-ring (bicyclic) bond motifs is 2. The van der Waals surface area contributed by atoms with E-state index in [-0.39, 0.29) is 17.4 Å². The molecule has 0 aromatic carbocycles. The predicted octanol–water partition coefficient (Wildman–Crippen LogP) is -0.686. The van der Waals surface area contributed by atoms with Crippen LogP contribution in [0.1, 0.15) is 33.6 Å². The van der Waals surface area contributed by atoms with Gasteiger partial charge in [-0.25, -0.2) is 0 Å². The van der Waals surface area contributed by atoms with E-state index >= 15 is 0 Å². The lowest BCUT2D eigenvalue weighted by atomic mass is 9.62. The molecule has 0 amide bonds. The molecule has 0 spiro atoms. The van der Waals surface area contributed by atoms with Crippen molar-refractivity contribution >= 4 is 0 Å². The molecule has 8 nitrogen and oxygen atoms in total. The van der Waals surface area contributed by atoms with Crippen molar-refractivity contribution in [1.29, 1.82) is 0 Å². The van der Waals surface area contributed by atoms with E-state index in [1.807, 2.05) is 19.1 Å². The molecule has 0 unspecified atom stereocenters. The standard InChI is InChI=1S/C19H32O8/c1-10(26-17-16(24)15(23)14(22)12(8-20)27-17)4-5-13-18(2)6-11(21)7-19(13,3)25-9-18/h4-5,10-17,20-24H,6-9H2,1-3H3/b5-4+/t10-,11-,12+,13+,14+,15-,16+,17+,18+,19+/m0/s1. The third kappa shape index (κ3) is 3.95. The van der Waals surface area contributed by atoms with Crippen LogP contribution in [0.15, 0.2) is 12.2 Å². The van der Waals surface area contributed by atoms with E-state index in [0.717, 1.165) is 0 Å². The molecule has 27 heavy (non-hydrogen) atoms. The molecular weight excluding hydrogens is 356 g/mol. The Labute approximate surface area is 159 Å². The van der Waals surface area contributed by atoms with Crippen LogP contribution >= 0.6 is 0 Å². The van der Waals surface area contributed by atoms with Gasteiger partial charge in [0.25, 0.3) is 0 Å². The monoisotopic (exact) mass is 388 g/mol. The number of aliphatic hydroxyl groups excluding tert-OH is 5. The van der Waals surface area contributed by atoms with Crippen molar-refractivity contribution in [2.24, 2.45) is 11.3 Å². The fraction of sp³-hybridized carbons (Fsp3) is 0.895. The summed E-state index contributed by atoms with van der Waals surface area (Å²) in [6.07, 6.45) is -2.09. The Bertz CT molecular complexity index is 534. The summed E-state index contributed by atoms with van der Waals surface area (Å²) in [5, 5.41) is 49.1. The quantitative estimate of drug-likeness (QED) is 0.392. The summed E-state index contributed by atoms with van der Waals surface area (Å²) >= 11 is 0. The van der Waals surface area contributed by atoms with Crippen LogP contribution in [0, 0.1) is 11.3 Å². The predicted molar refractivity (Wildman–Crippen MR) is 94.6 cm³/mol. The molecule has 10 atom stereocenters. The van der Waals surface area contributed by atoms with Gasteiger partial charge in [-0.15, -0.1) is 0 Å². The van der Waals surface area contributed by atoms with E-state index in [9.17, 15) is 25.5 Å². The van der Waals surface area contributed by atoms with Crippen LogP contribution in [0.5, 0.6) is 0 Å². The molecule has 2 heterocycles. The smallest absolute Gasteiger partial charge is 0.187 e. The average molecular weight is 388 g/mol. The zero-order chi connectivity index (χ0) is 20.0. The fourth-order valence-electron chi connectivity index (χ4n) is 4.84. The Morgan fingerprint density at radius 3 is 2.44 bits per heavy atom. The number of hydrogen-bond acceptors (Lipinski definition) is 8. The third-order valence-corrected chi connectivity index (χ3v) is 6.26.